The Morgan fingerprint density at radius 3 is 2.65 bits per heavy atom. The lowest BCUT2D eigenvalue weighted by Crippen LogP contribution is -2.40. The molecule has 1 amide bonds. The molecule has 1 aliphatic carbocycles. The van der Waals surface area contributed by atoms with Gasteiger partial charge < -0.3 is 15.0 Å². The zero-order valence-electron chi connectivity index (χ0n) is 10.9. The first-order valence-corrected chi connectivity index (χ1v) is 6.34. The van der Waals surface area contributed by atoms with E-state index in [-0.39, 0.29) is 18.3 Å². The van der Waals surface area contributed by atoms with E-state index in [0.717, 1.165) is 19.0 Å². The number of carbonyl (C=O) groups excluding carboxylic acids is 1. The Hall–Kier alpha value is -0.320. The second kappa shape index (κ2) is 9.68. The van der Waals surface area contributed by atoms with E-state index >= 15 is 0 Å². The van der Waals surface area contributed by atoms with Crippen LogP contribution in [-0.4, -0.2) is 50.2 Å². The number of carbonyl (C=O) groups is 1. The zero-order chi connectivity index (χ0) is 11.8. The van der Waals surface area contributed by atoms with Gasteiger partial charge in [0, 0.05) is 19.7 Å². The lowest BCUT2D eigenvalue weighted by atomic mass is 10.4. The van der Waals surface area contributed by atoms with Crippen LogP contribution >= 0.6 is 12.4 Å². The highest BCUT2D eigenvalue weighted by Crippen LogP contribution is 2.27. The molecule has 4 nitrogen and oxygen atoms in total. The molecular weight excluding hydrogens is 240 g/mol. The number of nitrogens with one attached hydrogen (secondary N) is 1. The van der Waals surface area contributed by atoms with Crippen molar-refractivity contribution in [3.63, 3.8) is 0 Å². The van der Waals surface area contributed by atoms with E-state index in [2.05, 4.69) is 5.32 Å². The first kappa shape index (κ1) is 16.7. The largest absolute Gasteiger partial charge is 0.380 e. The number of rotatable bonds is 9. The molecular formula is C12H25ClN2O2. The fraction of sp³-hybridized carbons (Fsp3) is 0.917. The average Bonchev–Trinajstić information content (AvgIpc) is 3.08. The van der Waals surface area contributed by atoms with E-state index in [9.17, 15) is 4.79 Å². The van der Waals surface area contributed by atoms with Gasteiger partial charge in [0.2, 0.25) is 5.91 Å². The molecule has 1 rings (SSSR count). The number of ether oxygens (including phenoxy) is 1. The lowest BCUT2D eigenvalue weighted by Gasteiger charge is -2.20. The summed E-state index contributed by atoms with van der Waals surface area (Å²) >= 11 is 0. The van der Waals surface area contributed by atoms with Gasteiger partial charge in [-0.2, -0.15) is 0 Å². The molecule has 0 saturated heterocycles. The SMILES string of the molecule is CCOCCN(CC)C(=O)CNCC1CC1.Cl. The Bertz CT molecular complexity index is 211. The van der Waals surface area contributed by atoms with E-state index in [1.807, 2.05) is 18.7 Å². The molecule has 5 heteroatoms. The molecule has 1 fully saturated rings. The van der Waals surface area contributed by atoms with Gasteiger partial charge in [-0.1, -0.05) is 0 Å². The lowest BCUT2D eigenvalue weighted by molar-refractivity contribution is -0.130. The molecule has 0 aliphatic heterocycles. The number of hydrogen-bond donors (Lipinski definition) is 1. The number of amides is 1. The summed E-state index contributed by atoms with van der Waals surface area (Å²) < 4.78 is 5.25. The highest BCUT2D eigenvalue weighted by molar-refractivity contribution is 5.85. The summed E-state index contributed by atoms with van der Waals surface area (Å²) in [6.45, 7) is 8.25. The summed E-state index contributed by atoms with van der Waals surface area (Å²) in [7, 11) is 0. The summed E-state index contributed by atoms with van der Waals surface area (Å²) in [5.74, 6) is 1.01. The Kier molecular flexibility index (Phi) is 9.50. The second-order valence-electron chi connectivity index (χ2n) is 4.24. The third-order valence-corrected chi connectivity index (χ3v) is 2.85. The molecule has 0 aromatic heterocycles. The van der Waals surface area contributed by atoms with Gasteiger partial charge in [-0.05, 0) is 39.2 Å². The summed E-state index contributed by atoms with van der Waals surface area (Å²) in [4.78, 5) is 13.6. The molecule has 0 aromatic rings. The fourth-order valence-electron chi connectivity index (χ4n) is 1.60. The molecule has 0 unspecified atom stereocenters. The van der Waals surface area contributed by atoms with Crippen LogP contribution in [-0.2, 0) is 9.53 Å². The molecule has 0 heterocycles. The Labute approximate surface area is 110 Å². The van der Waals surface area contributed by atoms with Crippen molar-refractivity contribution in [2.75, 3.05) is 39.4 Å². The molecule has 0 aromatic carbocycles. The first-order chi connectivity index (χ1) is 7.77. The van der Waals surface area contributed by atoms with Crippen LogP contribution in [0.2, 0.25) is 0 Å². The van der Waals surface area contributed by atoms with Gasteiger partial charge in [0.15, 0.2) is 0 Å². The third-order valence-electron chi connectivity index (χ3n) is 2.85. The quantitative estimate of drug-likeness (QED) is 0.638. The van der Waals surface area contributed by atoms with Crippen LogP contribution in [0.15, 0.2) is 0 Å². The van der Waals surface area contributed by atoms with Crippen molar-refractivity contribution in [2.45, 2.75) is 26.7 Å². The van der Waals surface area contributed by atoms with Crippen LogP contribution in [0.1, 0.15) is 26.7 Å². The number of nitrogens with zero attached hydrogens (tertiary/aromatic N) is 1. The predicted molar refractivity (Wildman–Crippen MR) is 71.6 cm³/mol. The minimum atomic E-state index is 0. The highest BCUT2D eigenvalue weighted by atomic mass is 35.5. The Morgan fingerprint density at radius 2 is 2.12 bits per heavy atom. The van der Waals surface area contributed by atoms with Gasteiger partial charge in [0.25, 0.3) is 0 Å². The van der Waals surface area contributed by atoms with Gasteiger partial charge in [0.1, 0.15) is 0 Å². The van der Waals surface area contributed by atoms with Crippen LogP contribution in [0.4, 0.5) is 0 Å². The van der Waals surface area contributed by atoms with Crippen LogP contribution in [0.3, 0.4) is 0 Å². The van der Waals surface area contributed by atoms with Crippen molar-refractivity contribution in [3.8, 4) is 0 Å². The molecule has 0 bridgehead atoms. The molecule has 102 valence electrons. The number of likely N-dealkylation sites (N-methyl/N-ethyl adjacent to an activating group) is 1. The molecule has 1 saturated carbocycles. The summed E-state index contributed by atoms with van der Waals surface area (Å²) in [6, 6.07) is 0. The van der Waals surface area contributed by atoms with Crippen molar-refractivity contribution < 1.29 is 9.53 Å². The van der Waals surface area contributed by atoms with Crippen molar-refractivity contribution in [3.05, 3.63) is 0 Å². The summed E-state index contributed by atoms with van der Waals surface area (Å²) in [5, 5.41) is 3.22. The Balaban J connectivity index is 0.00000256. The monoisotopic (exact) mass is 264 g/mol. The van der Waals surface area contributed by atoms with E-state index < -0.39 is 0 Å². The van der Waals surface area contributed by atoms with E-state index in [1.165, 1.54) is 12.8 Å². The van der Waals surface area contributed by atoms with Crippen LogP contribution in [0, 0.1) is 5.92 Å². The molecule has 0 radical (unpaired) electrons. The summed E-state index contributed by atoms with van der Waals surface area (Å²) in [6.07, 6.45) is 2.64. The minimum absolute atomic E-state index is 0. The smallest absolute Gasteiger partial charge is 0.236 e. The maximum absolute atomic E-state index is 11.8. The predicted octanol–water partition coefficient (Wildman–Crippen LogP) is 1.29. The van der Waals surface area contributed by atoms with Crippen molar-refractivity contribution in [1.29, 1.82) is 0 Å². The van der Waals surface area contributed by atoms with Gasteiger partial charge in [-0.25, -0.2) is 0 Å². The zero-order valence-corrected chi connectivity index (χ0v) is 11.7. The number of hydrogen-bond acceptors (Lipinski definition) is 3. The van der Waals surface area contributed by atoms with Crippen LogP contribution in [0.25, 0.3) is 0 Å². The van der Waals surface area contributed by atoms with Gasteiger partial charge in [-0.3, -0.25) is 4.79 Å². The standard InChI is InChI=1S/C12H24N2O2.ClH/c1-3-14(7-8-16-4-2)12(15)10-13-9-11-5-6-11;/h11,13H,3-10H2,1-2H3;1H. The van der Waals surface area contributed by atoms with E-state index in [4.69, 9.17) is 4.74 Å². The molecule has 0 atom stereocenters. The Morgan fingerprint density at radius 1 is 1.41 bits per heavy atom. The molecule has 0 spiro atoms. The summed E-state index contributed by atoms with van der Waals surface area (Å²) in [5.41, 5.74) is 0. The van der Waals surface area contributed by atoms with E-state index in [0.29, 0.717) is 26.3 Å². The van der Waals surface area contributed by atoms with Gasteiger partial charge >= 0.3 is 0 Å². The normalized spacial score (nSPS) is 14.2. The van der Waals surface area contributed by atoms with Gasteiger partial charge in [0.05, 0.1) is 13.2 Å². The fourth-order valence-corrected chi connectivity index (χ4v) is 1.60. The van der Waals surface area contributed by atoms with E-state index in [1.54, 1.807) is 0 Å². The van der Waals surface area contributed by atoms with Crippen LogP contribution in [0.5, 0.6) is 0 Å². The van der Waals surface area contributed by atoms with Gasteiger partial charge in [-0.15, -0.1) is 12.4 Å². The van der Waals surface area contributed by atoms with Crippen molar-refractivity contribution >= 4 is 18.3 Å². The second-order valence-corrected chi connectivity index (χ2v) is 4.24. The highest BCUT2D eigenvalue weighted by Gasteiger charge is 2.21. The molecule has 1 N–H and O–H groups in total. The first-order valence-electron chi connectivity index (χ1n) is 6.34. The van der Waals surface area contributed by atoms with Crippen LogP contribution < -0.4 is 5.32 Å². The molecule has 17 heavy (non-hydrogen) atoms. The maximum atomic E-state index is 11.8. The number of halogens is 1. The third kappa shape index (κ3) is 7.58. The van der Waals surface area contributed by atoms with Crippen molar-refractivity contribution in [2.24, 2.45) is 5.92 Å². The van der Waals surface area contributed by atoms with Crippen molar-refractivity contribution in [1.82, 2.24) is 10.2 Å². The average molecular weight is 265 g/mol. The molecule has 1 aliphatic rings. The topological polar surface area (TPSA) is 41.6 Å². The maximum Gasteiger partial charge on any atom is 0.236 e. The minimum Gasteiger partial charge on any atom is -0.380 e.